The van der Waals surface area contributed by atoms with E-state index < -0.39 is 0 Å². The van der Waals surface area contributed by atoms with Gasteiger partial charge in [0, 0.05) is 16.9 Å². The average molecular weight is 331 g/mol. The van der Waals surface area contributed by atoms with Crippen LogP contribution < -0.4 is 11.1 Å². The Kier molecular flexibility index (Phi) is 3.83. The number of hydrogen-bond acceptors (Lipinski definition) is 4. The van der Waals surface area contributed by atoms with Crippen LogP contribution in [0.1, 0.15) is 0 Å². The summed E-state index contributed by atoms with van der Waals surface area (Å²) in [6.45, 7) is 0.0556. The van der Waals surface area contributed by atoms with Crippen molar-refractivity contribution >= 4 is 44.9 Å². The van der Waals surface area contributed by atoms with E-state index in [1.807, 2.05) is 0 Å². The molecule has 6 nitrogen and oxygen atoms in total. The first-order valence-corrected chi connectivity index (χ1v) is 6.11. The zero-order chi connectivity index (χ0) is 13.1. The normalized spacial score (nSPS) is 10.3. The molecule has 1 amide bonds. The van der Waals surface area contributed by atoms with Gasteiger partial charge in [0.05, 0.1) is 5.69 Å². The quantitative estimate of drug-likeness (QED) is 0.842. The summed E-state index contributed by atoms with van der Waals surface area (Å²) in [5.41, 5.74) is 5.89. The van der Waals surface area contributed by atoms with Crippen molar-refractivity contribution in [1.82, 2.24) is 14.8 Å². The van der Waals surface area contributed by atoms with Crippen molar-refractivity contribution in [2.24, 2.45) is 0 Å². The summed E-state index contributed by atoms with van der Waals surface area (Å²) in [7, 11) is 0. The van der Waals surface area contributed by atoms with Crippen LogP contribution in [0.25, 0.3) is 0 Å². The lowest BCUT2D eigenvalue weighted by molar-refractivity contribution is -0.116. The molecule has 0 aliphatic heterocycles. The number of nitrogen functional groups attached to an aromatic ring is 1. The Morgan fingerprint density at radius 2 is 2.39 bits per heavy atom. The molecule has 2 aromatic rings. The maximum atomic E-state index is 11.7. The number of amides is 1. The van der Waals surface area contributed by atoms with E-state index in [4.69, 9.17) is 17.3 Å². The predicted molar refractivity (Wildman–Crippen MR) is 72.2 cm³/mol. The zero-order valence-corrected chi connectivity index (χ0v) is 11.4. The van der Waals surface area contributed by atoms with Crippen molar-refractivity contribution in [2.75, 3.05) is 11.1 Å². The second kappa shape index (κ2) is 5.36. The highest BCUT2D eigenvalue weighted by Gasteiger charge is 2.08. The Balaban J connectivity index is 2.05. The molecule has 94 valence electrons. The van der Waals surface area contributed by atoms with Gasteiger partial charge in [-0.3, -0.25) is 9.48 Å². The van der Waals surface area contributed by atoms with Gasteiger partial charge in [-0.25, -0.2) is 4.98 Å². The van der Waals surface area contributed by atoms with Crippen molar-refractivity contribution < 1.29 is 4.79 Å². The first-order chi connectivity index (χ1) is 8.54. The molecule has 8 heteroatoms. The Hall–Kier alpha value is -1.60. The smallest absolute Gasteiger partial charge is 0.246 e. The van der Waals surface area contributed by atoms with E-state index in [0.717, 1.165) is 4.47 Å². The summed E-state index contributed by atoms with van der Waals surface area (Å²) in [6.07, 6.45) is 3.17. The van der Waals surface area contributed by atoms with Gasteiger partial charge in [0.2, 0.25) is 5.91 Å². The number of carbonyl (C=O) groups is 1. The molecular formula is C10H9BrClN5O. The topological polar surface area (TPSA) is 85.8 Å². The van der Waals surface area contributed by atoms with Crippen molar-refractivity contribution in [1.29, 1.82) is 0 Å². The SMILES string of the molecule is Nc1ccn(CC(=O)Nc2cc(Br)cnc2Cl)n1. The molecule has 2 rings (SSSR count). The highest BCUT2D eigenvalue weighted by Crippen LogP contribution is 2.22. The lowest BCUT2D eigenvalue weighted by Crippen LogP contribution is -2.19. The Bertz CT molecular complexity index is 585. The monoisotopic (exact) mass is 329 g/mol. The highest BCUT2D eigenvalue weighted by molar-refractivity contribution is 9.10. The molecule has 0 atom stereocenters. The lowest BCUT2D eigenvalue weighted by Gasteiger charge is -2.07. The Morgan fingerprint density at radius 3 is 3.06 bits per heavy atom. The fraction of sp³-hybridized carbons (Fsp3) is 0.100. The molecule has 18 heavy (non-hydrogen) atoms. The molecule has 3 N–H and O–H groups in total. The van der Waals surface area contributed by atoms with E-state index in [1.54, 1.807) is 24.5 Å². The first kappa shape index (κ1) is 12.8. The standard InChI is InChI=1S/C10H9BrClN5O/c11-6-3-7(10(12)14-4-6)15-9(18)5-17-2-1-8(13)16-17/h1-4H,5H2,(H2,13,16)(H,15,18). The number of hydrogen-bond donors (Lipinski definition) is 2. The third kappa shape index (κ3) is 3.21. The van der Waals surface area contributed by atoms with Gasteiger partial charge >= 0.3 is 0 Å². The molecule has 0 unspecified atom stereocenters. The van der Waals surface area contributed by atoms with Crippen LogP contribution in [-0.2, 0) is 11.3 Å². The van der Waals surface area contributed by atoms with Gasteiger partial charge < -0.3 is 11.1 Å². The maximum Gasteiger partial charge on any atom is 0.246 e. The van der Waals surface area contributed by atoms with Gasteiger partial charge in [-0.2, -0.15) is 5.10 Å². The van der Waals surface area contributed by atoms with E-state index in [1.165, 1.54) is 4.68 Å². The van der Waals surface area contributed by atoms with Gasteiger partial charge in [-0.15, -0.1) is 0 Å². The number of carbonyl (C=O) groups excluding carboxylic acids is 1. The zero-order valence-electron chi connectivity index (χ0n) is 9.10. The molecule has 0 aromatic carbocycles. The third-order valence-corrected chi connectivity index (χ3v) is 2.78. The predicted octanol–water partition coefficient (Wildman–Crippen LogP) is 1.91. The second-order valence-electron chi connectivity index (χ2n) is 3.48. The van der Waals surface area contributed by atoms with E-state index in [2.05, 4.69) is 31.3 Å². The molecule has 0 saturated carbocycles. The van der Waals surface area contributed by atoms with E-state index in [9.17, 15) is 4.79 Å². The summed E-state index contributed by atoms with van der Waals surface area (Å²) >= 11 is 9.11. The summed E-state index contributed by atoms with van der Waals surface area (Å²) in [4.78, 5) is 15.6. The van der Waals surface area contributed by atoms with Gasteiger partial charge in [0.25, 0.3) is 0 Å². The number of nitrogens with one attached hydrogen (secondary N) is 1. The van der Waals surface area contributed by atoms with Crippen LogP contribution in [-0.4, -0.2) is 20.7 Å². The summed E-state index contributed by atoms with van der Waals surface area (Å²) in [6, 6.07) is 3.28. The van der Waals surface area contributed by atoms with Gasteiger partial charge in [0.1, 0.15) is 12.4 Å². The van der Waals surface area contributed by atoms with Crippen LogP contribution >= 0.6 is 27.5 Å². The molecule has 0 saturated heterocycles. The number of nitrogens with two attached hydrogens (primary N) is 1. The van der Waals surface area contributed by atoms with Crippen molar-refractivity contribution in [3.05, 3.63) is 34.2 Å². The van der Waals surface area contributed by atoms with E-state index in [-0.39, 0.29) is 17.6 Å². The molecule has 0 spiro atoms. The van der Waals surface area contributed by atoms with Crippen molar-refractivity contribution in [3.63, 3.8) is 0 Å². The molecule has 0 radical (unpaired) electrons. The average Bonchev–Trinajstić information content (AvgIpc) is 2.69. The number of rotatable bonds is 3. The fourth-order valence-electron chi connectivity index (χ4n) is 1.31. The number of nitrogens with zero attached hydrogens (tertiary/aromatic N) is 3. The molecule has 2 heterocycles. The van der Waals surface area contributed by atoms with Gasteiger partial charge in [0.15, 0.2) is 5.15 Å². The number of pyridine rings is 1. The summed E-state index contributed by atoms with van der Waals surface area (Å²) in [5.74, 6) is 0.102. The van der Waals surface area contributed by atoms with Gasteiger partial charge in [-0.1, -0.05) is 11.6 Å². The largest absolute Gasteiger partial charge is 0.382 e. The minimum absolute atomic E-state index is 0.0556. The molecule has 0 bridgehead atoms. The number of aromatic nitrogens is 3. The van der Waals surface area contributed by atoms with Crippen LogP contribution in [0.5, 0.6) is 0 Å². The molecule has 0 fully saturated rings. The minimum atomic E-state index is -0.264. The Labute approximate surface area is 116 Å². The van der Waals surface area contributed by atoms with Crippen LogP contribution in [0, 0.1) is 0 Å². The van der Waals surface area contributed by atoms with E-state index in [0.29, 0.717) is 11.5 Å². The van der Waals surface area contributed by atoms with Crippen molar-refractivity contribution in [3.8, 4) is 0 Å². The summed E-state index contributed by atoms with van der Waals surface area (Å²) < 4.78 is 2.16. The van der Waals surface area contributed by atoms with Gasteiger partial charge in [-0.05, 0) is 28.1 Å². The van der Waals surface area contributed by atoms with Crippen LogP contribution in [0.2, 0.25) is 5.15 Å². The maximum absolute atomic E-state index is 11.7. The first-order valence-electron chi connectivity index (χ1n) is 4.94. The van der Waals surface area contributed by atoms with Crippen LogP contribution in [0.3, 0.4) is 0 Å². The number of halogens is 2. The number of anilines is 2. The molecule has 2 aromatic heterocycles. The molecule has 0 aliphatic carbocycles. The Morgan fingerprint density at radius 1 is 1.61 bits per heavy atom. The van der Waals surface area contributed by atoms with Crippen LogP contribution in [0.15, 0.2) is 29.0 Å². The highest BCUT2D eigenvalue weighted by atomic mass is 79.9. The summed E-state index contributed by atoms with van der Waals surface area (Å²) in [5, 5.41) is 6.78. The fourth-order valence-corrected chi connectivity index (χ4v) is 1.79. The third-order valence-electron chi connectivity index (χ3n) is 2.05. The molecular weight excluding hydrogens is 322 g/mol. The lowest BCUT2D eigenvalue weighted by atomic mass is 10.4. The van der Waals surface area contributed by atoms with Crippen LogP contribution in [0.4, 0.5) is 11.5 Å². The second-order valence-corrected chi connectivity index (χ2v) is 4.75. The molecule has 0 aliphatic rings. The minimum Gasteiger partial charge on any atom is -0.382 e. The van der Waals surface area contributed by atoms with Crippen molar-refractivity contribution in [2.45, 2.75) is 6.54 Å². The van der Waals surface area contributed by atoms with E-state index >= 15 is 0 Å².